The average Bonchev–Trinajstić information content (AvgIpc) is 2.95. The minimum Gasteiger partial charge on any atom is -0.391 e. The van der Waals surface area contributed by atoms with Crippen LogP contribution in [-0.2, 0) is 11.2 Å². The highest BCUT2D eigenvalue weighted by molar-refractivity contribution is 7.18. The second-order valence-corrected chi connectivity index (χ2v) is 7.08. The maximum absolute atomic E-state index is 12.5. The summed E-state index contributed by atoms with van der Waals surface area (Å²) in [6, 6.07) is 8.04. The number of benzene rings is 1. The minimum atomic E-state index is -0.452. The molecule has 2 aromatic rings. The van der Waals surface area contributed by atoms with Gasteiger partial charge in [-0.15, -0.1) is 11.3 Å². The van der Waals surface area contributed by atoms with E-state index in [0.29, 0.717) is 12.8 Å². The van der Waals surface area contributed by atoms with E-state index in [4.69, 9.17) is 0 Å². The summed E-state index contributed by atoms with van der Waals surface area (Å²) in [5, 5.41) is 10.9. The lowest BCUT2D eigenvalue weighted by Gasteiger charge is -2.37. The predicted octanol–water partition coefficient (Wildman–Crippen LogP) is 2.99. The van der Waals surface area contributed by atoms with Gasteiger partial charge in [-0.1, -0.05) is 12.1 Å². The van der Waals surface area contributed by atoms with Crippen LogP contribution >= 0.6 is 11.3 Å². The molecule has 118 valence electrons. The first-order valence-corrected chi connectivity index (χ1v) is 8.79. The van der Waals surface area contributed by atoms with Crippen molar-refractivity contribution in [3.05, 3.63) is 29.3 Å². The second kappa shape index (κ2) is 6.75. The van der Waals surface area contributed by atoms with Crippen molar-refractivity contribution in [2.75, 3.05) is 6.54 Å². The summed E-state index contributed by atoms with van der Waals surface area (Å²) in [6.07, 6.45) is 3.74. The Hall–Kier alpha value is -1.46. The Kier molecular flexibility index (Phi) is 4.74. The van der Waals surface area contributed by atoms with Crippen LogP contribution in [0.2, 0.25) is 0 Å². The number of aromatic nitrogens is 1. The zero-order valence-electron chi connectivity index (χ0n) is 12.9. The van der Waals surface area contributed by atoms with Crippen molar-refractivity contribution in [1.29, 1.82) is 0 Å². The summed E-state index contributed by atoms with van der Waals surface area (Å²) in [6.45, 7) is 2.55. The van der Waals surface area contributed by atoms with Gasteiger partial charge in [-0.25, -0.2) is 4.98 Å². The van der Waals surface area contributed by atoms with Gasteiger partial charge in [0, 0.05) is 19.4 Å². The van der Waals surface area contributed by atoms with Gasteiger partial charge >= 0.3 is 0 Å². The van der Waals surface area contributed by atoms with E-state index in [-0.39, 0.29) is 11.9 Å². The lowest BCUT2D eigenvalue weighted by atomic mass is 9.97. The number of hydrogen-bond donors (Lipinski definition) is 1. The standard InChI is InChI=1S/C17H22N2O2S/c1-12(20)14-7-4-5-11-19(14)17(21)10-9-16-18-13-6-2-3-8-15(13)22-16/h2-3,6,8,12,14,20H,4-5,7,9-11H2,1H3/t12-,14+/m1/s1. The maximum Gasteiger partial charge on any atom is 0.223 e. The molecule has 2 atom stereocenters. The Labute approximate surface area is 134 Å². The number of piperidine rings is 1. The van der Waals surface area contributed by atoms with E-state index in [1.54, 1.807) is 18.3 Å². The average molecular weight is 318 g/mol. The molecule has 5 heteroatoms. The van der Waals surface area contributed by atoms with Crippen LogP contribution in [0.4, 0.5) is 0 Å². The molecule has 1 amide bonds. The Balaban J connectivity index is 1.63. The number of nitrogens with zero attached hydrogens (tertiary/aromatic N) is 2. The first-order valence-electron chi connectivity index (χ1n) is 7.97. The number of amides is 1. The maximum atomic E-state index is 12.5. The molecule has 1 aromatic heterocycles. The van der Waals surface area contributed by atoms with E-state index in [1.807, 2.05) is 23.1 Å². The molecule has 1 N–H and O–H groups in total. The Bertz CT molecular complexity index is 620. The molecule has 0 aliphatic carbocycles. The van der Waals surface area contributed by atoms with Crippen molar-refractivity contribution in [2.45, 2.75) is 51.2 Å². The molecular formula is C17H22N2O2S. The number of para-hydroxylation sites is 1. The Morgan fingerprint density at radius 1 is 1.45 bits per heavy atom. The van der Waals surface area contributed by atoms with Gasteiger partial charge in [-0.05, 0) is 38.3 Å². The van der Waals surface area contributed by atoms with E-state index in [2.05, 4.69) is 11.1 Å². The van der Waals surface area contributed by atoms with Crippen molar-refractivity contribution in [3.8, 4) is 0 Å². The zero-order chi connectivity index (χ0) is 15.5. The number of carbonyl (C=O) groups is 1. The topological polar surface area (TPSA) is 53.4 Å². The van der Waals surface area contributed by atoms with Crippen molar-refractivity contribution < 1.29 is 9.90 Å². The molecule has 0 bridgehead atoms. The van der Waals surface area contributed by atoms with Crippen molar-refractivity contribution in [3.63, 3.8) is 0 Å². The molecule has 0 saturated carbocycles. The van der Waals surface area contributed by atoms with E-state index in [1.165, 1.54) is 4.70 Å². The number of likely N-dealkylation sites (tertiary alicyclic amines) is 1. The monoisotopic (exact) mass is 318 g/mol. The summed E-state index contributed by atoms with van der Waals surface area (Å²) in [5.41, 5.74) is 1.01. The highest BCUT2D eigenvalue weighted by Crippen LogP contribution is 2.24. The Morgan fingerprint density at radius 2 is 2.27 bits per heavy atom. The number of thiazole rings is 1. The molecule has 0 unspecified atom stereocenters. The molecule has 1 aliphatic rings. The van der Waals surface area contributed by atoms with E-state index >= 15 is 0 Å². The van der Waals surface area contributed by atoms with Crippen molar-refractivity contribution in [2.24, 2.45) is 0 Å². The van der Waals surface area contributed by atoms with Crippen LogP contribution in [0.1, 0.15) is 37.6 Å². The fourth-order valence-corrected chi connectivity index (χ4v) is 4.12. The largest absolute Gasteiger partial charge is 0.391 e. The lowest BCUT2D eigenvalue weighted by Crippen LogP contribution is -2.48. The first-order chi connectivity index (χ1) is 10.6. The van der Waals surface area contributed by atoms with Gasteiger partial charge in [0.25, 0.3) is 0 Å². The number of carbonyl (C=O) groups excluding carboxylic acids is 1. The smallest absolute Gasteiger partial charge is 0.223 e. The van der Waals surface area contributed by atoms with Gasteiger partial charge < -0.3 is 10.0 Å². The molecule has 4 nitrogen and oxygen atoms in total. The summed E-state index contributed by atoms with van der Waals surface area (Å²) < 4.78 is 1.17. The first kappa shape index (κ1) is 15.4. The fourth-order valence-electron chi connectivity index (χ4n) is 3.15. The van der Waals surface area contributed by atoms with Crippen molar-refractivity contribution in [1.82, 2.24) is 9.88 Å². The highest BCUT2D eigenvalue weighted by atomic mass is 32.1. The molecular weight excluding hydrogens is 296 g/mol. The van der Waals surface area contributed by atoms with Crippen LogP contribution in [0.5, 0.6) is 0 Å². The summed E-state index contributed by atoms with van der Waals surface area (Å²) in [7, 11) is 0. The molecule has 0 radical (unpaired) electrons. The van der Waals surface area contributed by atoms with Gasteiger partial charge in [0.1, 0.15) is 0 Å². The fraction of sp³-hybridized carbons (Fsp3) is 0.529. The van der Waals surface area contributed by atoms with E-state index < -0.39 is 6.10 Å². The van der Waals surface area contributed by atoms with E-state index in [9.17, 15) is 9.90 Å². The van der Waals surface area contributed by atoms with Crippen LogP contribution in [0.3, 0.4) is 0 Å². The molecule has 1 fully saturated rings. The highest BCUT2D eigenvalue weighted by Gasteiger charge is 2.29. The number of fused-ring (bicyclic) bond motifs is 1. The third kappa shape index (κ3) is 3.31. The molecule has 0 spiro atoms. The number of aryl methyl sites for hydroxylation is 1. The van der Waals surface area contributed by atoms with E-state index in [0.717, 1.165) is 36.3 Å². The summed E-state index contributed by atoms with van der Waals surface area (Å²) in [4.78, 5) is 19.0. The van der Waals surface area contributed by atoms with Crippen LogP contribution < -0.4 is 0 Å². The molecule has 2 heterocycles. The third-order valence-electron chi connectivity index (χ3n) is 4.32. The molecule has 3 rings (SSSR count). The SMILES string of the molecule is C[C@@H](O)[C@@H]1CCCCN1C(=O)CCc1nc2ccccc2s1. The number of aliphatic hydroxyl groups excluding tert-OH is 1. The second-order valence-electron chi connectivity index (χ2n) is 5.97. The minimum absolute atomic E-state index is 0.0170. The van der Waals surface area contributed by atoms with Crippen LogP contribution in [0, 0.1) is 0 Å². The van der Waals surface area contributed by atoms with Gasteiger partial charge in [0.2, 0.25) is 5.91 Å². The Morgan fingerprint density at radius 3 is 3.05 bits per heavy atom. The van der Waals surface area contributed by atoms with Gasteiger partial charge in [0.05, 0.1) is 27.4 Å². The summed E-state index contributed by atoms with van der Waals surface area (Å²) >= 11 is 1.66. The van der Waals surface area contributed by atoms with Crippen LogP contribution in [0.15, 0.2) is 24.3 Å². The number of rotatable bonds is 4. The predicted molar refractivity (Wildman–Crippen MR) is 89.0 cm³/mol. The summed E-state index contributed by atoms with van der Waals surface area (Å²) in [5.74, 6) is 0.143. The number of hydrogen-bond acceptors (Lipinski definition) is 4. The normalized spacial score (nSPS) is 20.3. The molecule has 1 saturated heterocycles. The number of aliphatic hydroxyl groups is 1. The third-order valence-corrected chi connectivity index (χ3v) is 5.41. The van der Waals surface area contributed by atoms with Crippen LogP contribution in [-0.4, -0.2) is 39.6 Å². The quantitative estimate of drug-likeness (QED) is 0.943. The van der Waals surface area contributed by atoms with Gasteiger partial charge in [0.15, 0.2) is 0 Å². The van der Waals surface area contributed by atoms with Crippen LogP contribution in [0.25, 0.3) is 10.2 Å². The lowest BCUT2D eigenvalue weighted by molar-refractivity contribution is -0.137. The molecule has 1 aliphatic heterocycles. The van der Waals surface area contributed by atoms with Crippen molar-refractivity contribution >= 4 is 27.5 Å². The molecule has 22 heavy (non-hydrogen) atoms. The zero-order valence-corrected chi connectivity index (χ0v) is 13.7. The van der Waals surface area contributed by atoms with Gasteiger partial charge in [-0.2, -0.15) is 0 Å². The van der Waals surface area contributed by atoms with Gasteiger partial charge in [-0.3, -0.25) is 4.79 Å². The molecule has 1 aromatic carbocycles.